The quantitative estimate of drug-likeness (QED) is 0.852. The number of aliphatic carboxylic acids is 1. The predicted octanol–water partition coefficient (Wildman–Crippen LogP) is 1.04. The number of hydrogen-bond donors (Lipinski definition) is 1. The monoisotopic (exact) mass is 236 g/mol. The number of rotatable bonds is 4. The van der Waals surface area contributed by atoms with Crippen LogP contribution in [0, 0.1) is 5.41 Å². The van der Waals surface area contributed by atoms with E-state index in [1.807, 2.05) is 0 Å². The third-order valence-electron chi connectivity index (χ3n) is 2.31. The summed E-state index contributed by atoms with van der Waals surface area (Å²) in [6, 6.07) is 3.43. The van der Waals surface area contributed by atoms with E-state index in [4.69, 9.17) is 9.52 Å². The van der Waals surface area contributed by atoms with E-state index in [1.165, 1.54) is 11.1 Å². The molecule has 0 amide bonds. The van der Waals surface area contributed by atoms with Crippen molar-refractivity contribution in [3.63, 3.8) is 0 Å². The fourth-order valence-electron chi connectivity index (χ4n) is 1.24. The molecular weight excluding hydrogens is 224 g/mol. The zero-order valence-electron chi connectivity index (χ0n) is 9.49. The first-order valence-corrected chi connectivity index (χ1v) is 5.04. The maximum Gasteiger partial charge on any atom is 0.311 e. The van der Waals surface area contributed by atoms with Crippen molar-refractivity contribution >= 4 is 5.97 Å². The van der Waals surface area contributed by atoms with Crippen molar-refractivity contribution in [2.24, 2.45) is 5.41 Å². The first-order valence-electron chi connectivity index (χ1n) is 5.04. The van der Waals surface area contributed by atoms with Gasteiger partial charge in [0.15, 0.2) is 5.76 Å². The van der Waals surface area contributed by atoms with E-state index in [-0.39, 0.29) is 6.54 Å². The third-order valence-corrected chi connectivity index (χ3v) is 2.31. The van der Waals surface area contributed by atoms with Crippen LogP contribution in [0.2, 0.25) is 0 Å². The van der Waals surface area contributed by atoms with Gasteiger partial charge in [0, 0.05) is 0 Å². The van der Waals surface area contributed by atoms with Crippen LogP contribution < -0.4 is 0 Å². The summed E-state index contributed by atoms with van der Waals surface area (Å²) < 4.78 is 5.12. The van der Waals surface area contributed by atoms with E-state index in [9.17, 15) is 4.79 Å². The minimum atomic E-state index is -0.943. The van der Waals surface area contributed by atoms with Gasteiger partial charge in [-0.25, -0.2) is 0 Å². The Bertz CT molecular complexity index is 515. The third kappa shape index (κ3) is 2.32. The topological polar surface area (TPSA) is 94.0 Å². The van der Waals surface area contributed by atoms with Crippen LogP contribution in [0.3, 0.4) is 0 Å². The molecule has 1 N–H and O–H groups in total. The molecule has 7 heteroatoms. The Balaban J connectivity index is 2.17. The highest BCUT2D eigenvalue weighted by atomic mass is 16.4. The van der Waals surface area contributed by atoms with Crippen molar-refractivity contribution in [2.75, 3.05) is 0 Å². The Labute approximate surface area is 97.0 Å². The lowest BCUT2D eigenvalue weighted by Gasteiger charge is -2.16. The second-order valence-electron chi connectivity index (χ2n) is 4.31. The van der Waals surface area contributed by atoms with Gasteiger partial charge in [0.25, 0.3) is 0 Å². The van der Waals surface area contributed by atoms with E-state index in [1.54, 1.807) is 26.0 Å². The number of tetrazole rings is 1. The van der Waals surface area contributed by atoms with Gasteiger partial charge in [-0.3, -0.25) is 4.79 Å². The van der Waals surface area contributed by atoms with E-state index < -0.39 is 11.4 Å². The van der Waals surface area contributed by atoms with Gasteiger partial charge in [0.2, 0.25) is 5.82 Å². The normalized spacial score (nSPS) is 11.6. The number of aromatic nitrogens is 4. The number of nitrogens with zero attached hydrogens (tertiary/aromatic N) is 4. The van der Waals surface area contributed by atoms with E-state index >= 15 is 0 Å². The lowest BCUT2D eigenvalue weighted by Crippen LogP contribution is -2.30. The summed E-state index contributed by atoms with van der Waals surface area (Å²) in [7, 11) is 0. The predicted molar refractivity (Wildman–Crippen MR) is 56.9 cm³/mol. The van der Waals surface area contributed by atoms with Crippen LogP contribution >= 0.6 is 0 Å². The standard InChI is InChI=1S/C10H12N4O3/c1-10(2,9(15)16)6-14-12-8(11-13-14)7-4-3-5-17-7/h3-5H,6H2,1-2H3,(H,15,16). The van der Waals surface area contributed by atoms with E-state index in [0.717, 1.165) is 0 Å². The second kappa shape index (κ2) is 4.00. The molecule has 0 bridgehead atoms. The maximum atomic E-state index is 11.0. The molecule has 0 aliphatic rings. The molecule has 90 valence electrons. The largest absolute Gasteiger partial charge is 0.481 e. The Kier molecular flexibility index (Phi) is 2.66. The first-order chi connectivity index (χ1) is 7.99. The van der Waals surface area contributed by atoms with E-state index in [2.05, 4.69) is 15.4 Å². The fraction of sp³-hybridized carbons (Fsp3) is 0.400. The lowest BCUT2D eigenvalue weighted by atomic mass is 9.94. The van der Waals surface area contributed by atoms with Crippen LogP contribution in [-0.4, -0.2) is 31.3 Å². The molecule has 17 heavy (non-hydrogen) atoms. The summed E-state index contributed by atoms with van der Waals surface area (Å²) in [6.07, 6.45) is 1.51. The average molecular weight is 236 g/mol. The highest BCUT2D eigenvalue weighted by molar-refractivity contribution is 5.73. The SMILES string of the molecule is CC(C)(Cn1nnc(-c2ccco2)n1)C(=O)O. The molecule has 0 aliphatic carbocycles. The van der Waals surface area contributed by atoms with Crippen molar-refractivity contribution in [1.82, 2.24) is 20.2 Å². The van der Waals surface area contributed by atoms with Gasteiger partial charge in [-0.1, -0.05) is 0 Å². The number of carboxylic acids is 1. The number of furan rings is 1. The summed E-state index contributed by atoms with van der Waals surface area (Å²) in [5.41, 5.74) is -0.943. The van der Waals surface area contributed by atoms with Crippen LogP contribution in [0.15, 0.2) is 22.8 Å². The molecule has 0 saturated heterocycles. The minimum Gasteiger partial charge on any atom is -0.481 e. The molecule has 0 unspecified atom stereocenters. The highest BCUT2D eigenvalue weighted by Gasteiger charge is 2.29. The molecule has 0 atom stereocenters. The van der Waals surface area contributed by atoms with Crippen LogP contribution in [-0.2, 0) is 11.3 Å². The highest BCUT2D eigenvalue weighted by Crippen LogP contribution is 2.18. The molecule has 0 saturated carbocycles. The molecule has 0 aliphatic heterocycles. The summed E-state index contributed by atoms with van der Waals surface area (Å²) in [5, 5.41) is 20.6. The van der Waals surface area contributed by atoms with Crippen molar-refractivity contribution in [2.45, 2.75) is 20.4 Å². The molecule has 0 radical (unpaired) electrons. The fourth-order valence-corrected chi connectivity index (χ4v) is 1.24. The van der Waals surface area contributed by atoms with Crippen molar-refractivity contribution in [1.29, 1.82) is 0 Å². The molecule has 0 aromatic carbocycles. The lowest BCUT2D eigenvalue weighted by molar-refractivity contribution is -0.147. The Morgan fingerprint density at radius 1 is 1.59 bits per heavy atom. The summed E-state index contributed by atoms with van der Waals surface area (Å²) >= 11 is 0. The zero-order valence-corrected chi connectivity index (χ0v) is 9.49. The maximum absolute atomic E-state index is 11.0. The average Bonchev–Trinajstić information content (AvgIpc) is 2.85. The van der Waals surface area contributed by atoms with Gasteiger partial charge in [0.05, 0.1) is 18.2 Å². The van der Waals surface area contributed by atoms with Gasteiger partial charge < -0.3 is 9.52 Å². The molecule has 0 fully saturated rings. The number of hydrogen-bond acceptors (Lipinski definition) is 5. The molecule has 2 aromatic rings. The van der Waals surface area contributed by atoms with Crippen molar-refractivity contribution < 1.29 is 14.3 Å². The zero-order chi connectivity index (χ0) is 12.5. The van der Waals surface area contributed by atoms with Gasteiger partial charge in [-0.05, 0) is 31.2 Å². The Hall–Kier alpha value is -2.18. The first kappa shape index (κ1) is 11.3. The number of carbonyl (C=O) groups is 1. The van der Waals surface area contributed by atoms with Gasteiger partial charge >= 0.3 is 5.97 Å². The smallest absolute Gasteiger partial charge is 0.311 e. The molecule has 2 aromatic heterocycles. The molecule has 2 rings (SSSR count). The van der Waals surface area contributed by atoms with Gasteiger partial charge in [0.1, 0.15) is 0 Å². The Morgan fingerprint density at radius 2 is 2.35 bits per heavy atom. The summed E-state index contributed by atoms with van der Waals surface area (Å²) in [5.74, 6) is -0.0603. The van der Waals surface area contributed by atoms with Crippen LogP contribution in [0.25, 0.3) is 11.6 Å². The molecule has 2 heterocycles. The Morgan fingerprint density at radius 3 is 2.94 bits per heavy atom. The molecular formula is C10H12N4O3. The van der Waals surface area contributed by atoms with Crippen LogP contribution in [0.1, 0.15) is 13.8 Å². The molecule has 0 spiro atoms. The van der Waals surface area contributed by atoms with Crippen molar-refractivity contribution in [3.05, 3.63) is 18.4 Å². The van der Waals surface area contributed by atoms with Gasteiger partial charge in [-0.15, -0.1) is 10.2 Å². The van der Waals surface area contributed by atoms with Gasteiger partial charge in [-0.2, -0.15) is 4.80 Å². The van der Waals surface area contributed by atoms with Crippen LogP contribution in [0.5, 0.6) is 0 Å². The molecule has 7 nitrogen and oxygen atoms in total. The summed E-state index contributed by atoms with van der Waals surface area (Å²) in [4.78, 5) is 12.2. The van der Waals surface area contributed by atoms with Crippen molar-refractivity contribution in [3.8, 4) is 11.6 Å². The van der Waals surface area contributed by atoms with Crippen LogP contribution in [0.4, 0.5) is 0 Å². The summed E-state index contributed by atoms with van der Waals surface area (Å²) in [6.45, 7) is 3.35. The van der Waals surface area contributed by atoms with E-state index in [0.29, 0.717) is 11.6 Å². The number of carboxylic acid groups (broad SMARTS) is 1. The second-order valence-corrected chi connectivity index (χ2v) is 4.31. The minimum absolute atomic E-state index is 0.149.